The first-order valence-electron chi connectivity index (χ1n) is 11.3. The van der Waals surface area contributed by atoms with Crippen LogP contribution < -0.4 is 5.43 Å². The second-order valence-electron chi connectivity index (χ2n) is 8.58. The summed E-state index contributed by atoms with van der Waals surface area (Å²) in [5, 5.41) is 4.43. The van der Waals surface area contributed by atoms with Crippen molar-refractivity contribution in [3.63, 3.8) is 0 Å². The third-order valence-electron chi connectivity index (χ3n) is 6.60. The number of carbonyl (C=O) groups excluding carboxylic acids is 1. The van der Waals surface area contributed by atoms with Crippen LogP contribution >= 0.6 is 0 Å². The Morgan fingerprint density at radius 3 is 1.76 bits per heavy atom. The van der Waals surface area contributed by atoms with E-state index in [1.165, 1.54) is 16.7 Å². The topological polar surface area (TPSA) is 41.5 Å². The zero-order valence-corrected chi connectivity index (χ0v) is 18.6. The van der Waals surface area contributed by atoms with Crippen molar-refractivity contribution in [1.82, 2.24) is 5.43 Å². The molecule has 0 bridgehead atoms. The maximum Gasteiger partial charge on any atom is 0.244 e. The quantitative estimate of drug-likeness (QED) is 0.287. The Labute approximate surface area is 194 Å². The van der Waals surface area contributed by atoms with Gasteiger partial charge in [-0.25, -0.2) is 5.43 Å². The first kappa shape index (κ1) is 20.9. The van der Waals surface area contributed by atoms with Crippen LogP contribution in [0.2, 0.25) is 0 Å². The normalized spacial score (nSPS) is 16.8. The fourth-order valence-electron chi connectivity index (χ4n) is 4.67. The first-order valence-corrected chi connectivity index (χ1v) is 11.3. The van der Waals surface area contributed by atoms with Crippen molar-refractivity contribution in [2.24, 2.45) is 11.0 Å². The molecule has 1 N–H and O–H groups in total. The lowest BCUT2D eigenvalue weighted by Crippen LogP contribution is -2.26. The predicted molar refractivity (Wildman–Crippen MR) is 134 cm³/mol. The monoisotopic (exact) mass is 430 g/mol. The Morgan fingerprint density at radius 1 is 0.727 bits per heavy atom. The van der Waals surface area contributed by atoms with E-state index in [1.807, 2.05) is 73.7 Å². The van der Waals surface area contributed by atoms with Gasteiger partial charge >= 0.3 is 0 Å². The van der Waals surface area contributed by atoms with Gasteiger partial charge in [-0.05, 0) is 41.2 Å². The van der Waals surface area contributed by atoms with Gasteiger partial charge in [-0.2, -0.15) is 5.10 Å². The van der Waals surface area contributed by atoms with Gasteiger partial charge in [-0.3, -0.25) is 4.79 Å². The van der Waals surface area contributed by atoms with Crippen LogP contribution in [0.25, 0.3) is 11.1 Å². The lowest BCUT2D eigenvalue weighted by Gasteiger charge is -2.18. The van der Waals surface area contributed by atoms with Gasteiger partial charge in [0.05, 0.1) is 11.6 Å². The molecule has 33 heavy (non-hydrogen) atoms. The predicted octanol–water partition coefficient (Wildman–Crippen LogP) is 6.20. The fraction of sp³-hybridized carbons (Fsp3) is 0.133. The van der Waals surface area contributed by atoms with Crippen molar-refractivity contribution in [3.8, 4) is 11.1 Å². The highest BCUT2D eigenvalue weighted by Crippen LogP contribution is 2.58. The molecule has 0 heterocycles. The average Bonchev–Trinajstić information content (AvgIpc) is 3.66. The van der Waals surface area contributed by atoms with Crippen LogP contribution in [0.15, 0.2) is 120 Å². The molecule has 3 heteroatoms. The molecule has 0 radical (unpaired) electrons. The minimum Gasteiger partial charge on any atom is -0.273 e. The highest BCUT2D eigenvalue weighted by atomic mass is 16.2. The number of amides is 1. The van der Waals surface area contributed by atoms with E-state index in [1.54, 1.807) is 0 Å². The smallest absolute Gasteiger partial charge is 0.244 e. The molecule has 0 saturated heterocycles. The van der Waals surface area contributed by atoms with Crippen LogP contribution in [0.4, 0.5) is 0 Å². The lowest BCUT2D eigenvalue weighted by atomic mass is 9.85. The largest absolute Gasteiger partial charge is 0.273 e. The Balaban J connectivity index is 1.32. The van der Waals surface area contributed by atoms with E-state index in [-0.39, 0.29) is 17.2 Å². The van der Waals surface area contributed by atoms with E-state index in [9.17, 15) is 4.79 Å². The van der Waals surface area contributed by atoms with Crippen molar-refractivity contribution in [3.05, 3.63) is 132 Å². The summed E-state index contributed by atoms with van der Waals surface area (Å²) in [7, 11) is 0. The summed E-state index contributed by atoms with van der Waals surface area (Å²) in [5.41, 5.74) is 9.01. The second-order valence-corrected chi connectivity index (χ2v) is 8.58. The number of hydrogen-bond acceptors (Lipinski definition) is 2. The van der Waals surface area contributed by atoms with Crippen LogP contribution in [0.3, 0.4) is 0 Å². The highest BCUT2D eigenvalue weighted by molar-refractivity contribution is 6.00. The molecule has 1 saturated carbocycles. The molecule has 1 fully saturated rings. The van der Waals surface area contributed by atoms with Crippen molar-refractivity contribution < 1.29 is 4.79 Å². The van der Waals surface area contributed by atoms with Gasteiger partial charge in [0, 0.05) is 5.41 Å². The Kier molecular flexibility index (Phi) is 5.62. The van der Waals surface area contributed by atoms with E-state index < -0.39 is 0 Å². The molecular weight excluding hydrogens is 404 g/mol. The van der Waals surface area contributed by atoms with Gasteiger partial charge in [-0.15, -0.1) is 0 Å². The minimum absolute atomic E-state index is 0.0389. The van der Waals surface area contributed by atoms with Crippen LogP contribution in [-0.2, 0) is 10.2 Å². The van der Waals surface area contributed by atoms with E-state index in [0.717, 1.165) is 23.3 Å². The highest BCUT2D eigenvalue weighted by Gasteiger charge is 2.60. The van der Waals surface area contributed by atoms with Gasteiger partial charge < -0.3 is 0 Å². The molecule has 1 amide bonds. The number of benzene rings is 4. The SMILES string of the molecule is C/C(=N/NC(=O)[C@@H]1CC1(c1ccccc1)c1ccccc1)c1ccc(-c2ccccc2)cc1. The summed E-state index contributed by atoms with van der Waals surface area (Å²) in [6.07, 6.45) is 0.785. The van der Waals surface area contributed by atoms with Gasteiger partial charge in [-0.1, -0.05) is 115 Å². The summed E-state index contributed by atoms with van der Waals surface area (Å²) >= 11 is 0. The number of carbonyl (C=O) groups is 1. The lowest BCUT2D eigenvalue weighted by molar-refractivity contribution is -0.122. The molecule has 3 nitrogen and oxygen atoms in total. The Morgan fingerprint density at radius 2 is 1.21 bits per heavy atom. The summed E-state index contributed by atoms with van der Waals surface area (Å²) in [5.74, 6) is -0.178. The average molecular weight is 431 g/mol. The summed E-state index contributed by atoms with van der Waals surface area (Å²) in [6, 6.07) is 39.2. The van der Waals surface area contributed by atoms with Crippen LogP contribution in [0, 0.1) is 5.92 Å². The van der Waals surface area contributed by atoms with E-state index in [2.05, 4.69) is 59.1 Å². The van der Waals surface area contributed by atoms with E-state index in [0.29, 0.717) is 0 Å². The Bertz CT molecular complexity index is 1220. The molecule has 162 valence electrons. The molecule has 0 aliphatic heterocycles. The summed E-state index contributed by atoms with van der Waals surface area (Å²) in [6.45, 7) is 1.92. The third kappa shape index (κ3) is 4.10. The van der Waals surface area contributed by atoms with Crippen LogP contribution in [-0.4, -0.2) is 11.6 Å². The van der Waals surface area contributed by atoms with Crippen molar-refractivity contribution in [1.29, 1.82) is 0 Å². The summed E-state index contributed by atoms with van der Waals surface area (Å²) in [4.78, 5) is 13.1. The first-order chi connectivity index (χ1) is 16.2. The maximum atomic E-state index is 13.1. The van der Waals surface area contributed by atoms with Gasteiger partial charge in [0.25, 0.3) is 0 Å². The van der Waals surface area contributed by atoms with Gasteiger partial charge in [0.1, 0.15) is 0 Å². The molecular formula is C30H26N2O. The van der Waals surface area contributed by atoms with Gasteiger partial charge in [0.2, 0.25) is 5.91 Å². The molecule has 1 aliphatic carbocycles. The second kappa shape index (κ2) is 8.87. The standard InChI is InChI=1S/C30H26N2O/c1-22(23-17-19-25(20-18-23)24-11-5-2-6-12-24)31-32-29(33)28-21-30(28,26-13-7-3-8-14-26)27-15-9-4-10-16-27/h2-20,28H,21H2,1H3,(H,32,33)/b31-22-/t28-/m0/s1. The van der Waals surface area contributed by atoms with Crippen LogP contribution in [0.5, 0.6) is 0 Å². The maximum absolute atomic E-state index is 13.1. The molecule has 0 aromatic heterocycles. The fourth-order valence-corrected chi connectivity index (χ4v) is 4.67. The molecule has 1 aliphatic rings. The third-order valence-corrected chi connectivity index (χ3v) is 6.60. The molecule has 0 unspecified atom stereocenters. The minimum atomic E-state index is -0.284. The zero-order valence-electron chi connectivity index (χ0n) is 18.6. The van der Waals surface area contributed by atoms with Crippen molar-refractivity contribution >= 4 is 11.6 Å². The van der Waals surface area contributed by atoms with Crippen molar-refractivity contribution in [2.45, 2.75) is 18.8 Å². The number of hydrogen-bond donors (Lipinski definition) is 1. The van der Waals surface area contributed by atoms with E-state index in [4.69, 9.17) is 0 Å². The molecule has 4 aromatic rings. The number of nitrogens with one attached hydrogen (secondary N) is 1. The number of nitrogens with zero attached hydrogens (tertiary/aromatic N) is 1. The van der Waals surface area contributed by atoms with Crippen LogP contribution in [0.1, 0.15) is 30.0 Å². The molecule has 1 atom stereocenters. The molecule has 5 rings (SSSR count). The molecule has 0 spiro atoms. The zero-order chi connectivity index (χ0) is 22.7. The Hall–Kier alpha value is -3.98. The number of hydrazone groups is 1. The number of rotatable bonds is 6. The van der Waals surface area contributed by atoms with E-state index >= 15 is 0 Å². The summed E-state index contributed by atoms with van der Waals surface area (Å²) < 4.78 is 0. The molecule has 4 aromatic carbocycles. The van der Waals surface area contributed by atoms with Gasteiger partial charge in [0.15, 0.2) is 0 Å². The van der Waals surface area contributed by atoms with Crippen molar-refractivity contribution in [2.75, 3.05) is 0 Å².